The van der Waals surface area contributed by atoms with E-state index in [0.29, 0.717) is 0 Å². The third-order valence-electron chi connectivity index (χ3n) is 20.6. The summed E-state index contributed by atoms with van der Waals surface area (Å²) in [5.74, 6) is 0. The van der Waals surface area contributed by atoms with Gasteiger partial charge in [-0.15, -0.1) is 0 Å². The van der Waals surface area contributed by atoms with Gasteiger partial charge in [-0.3, -0.25) is 0 Å². The molecule has 0 aliphatic rings. The Labute approximate surface area is 565 Å². The van der Waals surface area contributed by atoms with Crippen molar-refractivity contribution in [3.8, 4) is 100 Å². The second-order valence-corrected chi connectivity index (χ2v) is 26.2. The fourth-order valence-corrected chi connectivity index (χ4v) is 15.9. The zero-order chi connectivity index (χ0) is 64.4. The Morgan fingerprint density at radius 2 is 0.388 bits per heavy atom. The number of furan rings is 2. The Bertz CT molecular complexity index is 6550. The van der Waals surface area contributed by atoms with Crippen molar-refractivity contribution in [1.29, 1.82) is 0 Å². The quantitative estimate of drug-likeness (QED) is 0.135. The van der Waals surface area contributed by atoms with Crippen LogP contribution in [0.5, 0.6) is 0 Å². The smallest absolute Gasteiger partial charge is 0.136 e. The van der Waals surface area contributed by atoms with Gasteiger partial charge in [-0.1, -0.05) is 273 Å². The molecule has 20 aromatic rings. The van der Waals surface area contributed by atoms with Gasteiger partial charge in [0.15, 0.2) is 0 Å². The molecule has 98 heavy (non-hydrogen) atoms. The van der Waals surface area contributed by atoms with E-state index in [1.165, 1.54) is 120 Å². The van der Waals surface area contributed by atoms with E-state index in [1.807, 2.05) is 0 Å². The first-order valence-corrected chi connectivity index (χ1v) is 33.7. The Morgan fingerprint density at radius 3 is 0.816 bits per heavy atom. The third kappa shape index (κ3) is 9.18. The first-order chi connectivity index (χ1) is 48.5. The Hall–Kier alpha value is -12.9. The highest BCUT2D eigenvalue weighted by Crippen LogP contribution is 2.48. The van der Waals surface area contributed by atoms with Crippen molar-refractivity contribution < 1.29 is 8.83 Å². The molecule has 0 aliphatic carbocycles. The monoisotopic (exact) mass is 1240 g/mol. The molecule has 0 N–H and O–H groups in total. The molecule has 0 radical (unpaired) electrons. The number of hydrogen-bond acceptors (Lipinski definition) is 2. The highest BCUT2D eigenvalue weighted by atomic mass is 16.3. The second-order valence-electron chi connectivity index (χ2n) is 26.2. The van der Waals surface area contributed by atoms with Crippen molar-refractivity contribution in [1.82, 2.24) is 0 Å². The summed E-state index contributed by atoms with van der Waals surface area (Å²) in [5, 5.41) is 19.0. The average Bonchev–Trinajstić information content (AvgIpc) is 0.963. The van der Waals surface area contributed by atoms with Gasteiger partial charge >= 0.3 is 0 Å². The minimum absolute atomic E-state index is 0.875. The molecular formula is C96H58O2. The maximum absolute atomic E-state index is 6.66. The highest BCUT2D eigenvalue weighted by molar-refractivity contribution is 6.24. The van der Waals surface area contributed by atoms with Crippen LogP contribution in [0.1, 0.15) is 0 Å². The van der Waals surface area contributed by atoms with Gasteiger partial charge in [0.2, 0.25) is 0 Å². The van der Waals surface area contributed by atoms with E-state index in [-0.39, 0.29) is 0 Å². The fourth-order valence-electron chi connectivity index (χ4n) is 15.9. The van der Waals surface area contributed by atoms with E-state index in [0.717, 1.165) is 88.2 Å². The van der Waals surface area contributed by atoms with E-state index in [9.17, 15) is 0 Å². The largest absolute Gasteiger partial charge is 0.456 e. The molecule has 0 aliphatic heterocycles. The molecule has 2 nitrogen and oxygen atoms in total. The lowest BCUT2D eigenvalue weighted by Crippen LogP contribution is -1.91. The van der Waals surface area contributed by atoms with Gasteiger partial charge in [-0.25, -0.2) is 0 Å². The van der Waals surface area contributed by atoms with Crippen molar-refractivity contribution in [3.05, 3.63) is 352 Å². The average molecular weight is 1240 g/mol. The Kier molecular flexibility index (Phi) is 12.7. The molecule has 2 heteroatoms. The number of benzene rings is 18. The van der Waals surface area contributed by atoms with Gasteiger partial charge in [-0.05, 0) is 244 Å². The molecule has 0 bridgehead atoms. The van der Waals surface area contributed by atoms with Crippen LogP contribution in [0.15, 0.2) is 361 Å². The van der Waals surface area contributed by atoms with Crippen molar-refractivity contribution in [3.63, 3.8) is 0 Å². The number of hydrogen-bond donors (Lipinski definition) is 0. The summed E-state index contributed by atoms with van der Waals surface area (Å²) in [7, 11) is 0. The van der Waals surface area contributed by atoms with Crippen LogP contribution in [0.25, 0.3) is 209 Å². The maximum atomic E-state index is 6.66. The summed E-state index contributed by atoms with van der Waals surface area (Å²) in [6, 6.07) is 129. The first-order valence-electron chi connectivity index (χ1n) is 33.7. The molecule has 2 aromatic heterocycles. The van der Waals surface area contributed by atoms with Crippen molar-refractivity contribution in [2.24, 2.45) is 0 Å². The predicted octanol–water partition coefficient (Wildman–Crippen LogP) is 27.4. The molecule has 454 valence electrons. The van der Waals surface area contributed by atoms with Crippen LogP contribution in [0.3, 0.4) is 0 Å². The lowest BCUT2D eigenvalue weighted by atomic mass is 9.85. The van der Waals surface area contributed by atoms with Crippen molar-refractivity contribution in [2.75, 3.05) is 0 Å². The molecule has 0 spiro atoms. The first kappa shape index (κ1) is 55.6. The number of rotatable bonds is 9. The van der Waals surface area contributed by atoms with Crippen LogP contribution in [0.2, 0.25) is 0 Å². The Morgan fingerprint density at radius 1 is 0.122 bits per heavy atom. The molecular weight excluding hydrogens is 1190 g/mol. The van der Waals surface area contributed by atoms with Gasteiger partial charge in [0.05, 0.1) is 0 Å². The Balaban J connectivity index is 0.624. The highest BCUT2D eigenvalue weighted by Gasteiger charge is 2.21. The minimum Gasteiger partial charge on any atom is -0.456 e. The SMILES string of the molecule is c1ccc(-c2ccc(-c3c4ccccc4c(-c4cccc(-c5ccc6oc7cc8ccc(-c9cccc(-c%10cccc(-c%11c%12ccccc%12c(-c%12cccc(-c%13ccc%14oc%15cc%16ccccc%16cc%15c%14c%13)c%12)c%12ccccc%11%12)c%10)c9)cc8cc7c6c5)c4)c4ccccc34)cc2)cc1. The molecule has 0 amide bonds. The van der Waals surface area contributed by atoms with Crippen LogP contribution in [0, 0.1) is 0 Å². The van der Waals surface area contributed by atoms with E-state index >= 15 is 0 Å². The normalized spacial score (nSPS) is 11.9. The molecule has 0 saturated carbocycles. The van der Waals surface area contributed by atoms with Gasteiger partial charge in [0.25, 0.3) is 0 Å². The van der Waals surface area contributed by atoms with E-state index in [1.54, 1.807) is 0 Å². The van der Waals surface area contributed by atoms with Crippen LogP contribution >= 0.6 is 0 Å². The zero-order valence-electron chi connectivity index (χ0n) is 53.3. The molecule has 0 saturated heterocycles. The molecule has 18 aromatic carbocycles. The molecule has 2 heterocycles. The van der Waals surface area contributed by atoms with Gasteiger partial charge in [0, 0.05) is 21.5 Å². The lowest BCUT2D eigenvalue weighted by Gasteiger charge is -2.18. The molecule has 0 unspecified atom stereocenters. The van der Waals surface area contributed by atoms with Crippen molar-refractivity contribution >= 4 is 109 Å². The summed E-state index contributed by atoms with van der Waals surface area (Å²) in [6.07, 6.45) is 0. The van der Waals surface area contributed by atoms with Gasteiger partial charge in [0.1, 0.15) is 22.3 Å². The van der Waals surface area contributed by atoms with Crippen molar-refractivity contribution in [2.45, 2.75) is 0 Å². The maximum Gasteiger partial charge on any atom is 0.136 e. The summed E-state index contributed by atoms with van der Waals surface area (Å²) in [4.78, 5) is 0. The van der Waals surface area contributed by atoms with E-state index in [2.05, 4.69) is 352 Å². The van der Waals surface area contributed by atoms with Crippen LogP contribution in [-0.4, -0.2) is 0 Å². The summed E-state index contributed by atoms with van der Waals surface area (Å²) in [6.45, 7) is 0. The standard InChI is InChI=1S/C96H58O2/c1-2-18-59(19-3-1)60-38-40-61(41-39-60)93-77-30-6-8-32-79(77)94(80-33-9-7-31-78(80)93)74-28-16-26-66(50-74)71-45-47-90-86(55-71)88-56-76-52-69(42-43-72(76)58-92(88)98-90)63-23-14-22-62(48-63)64-24-15-27-73(49-64)95-81-34-10-12-36-83(81)96(84-37-13-11-35-82(84)95)75-29-17-25-65(51-75)70-44-46-89-85(54-70)87-53-67-20-4-5-21-68(67)57-91(87)97-89/h1-58H. The van der Waals surface area contributed by atoms with E-state index in [4.69, 9.17) is 8.83 Å². The zero-order valence-corrected chi connectivity index (χ0v) is 53.3. The van der Waals surface area contributed by atoms with Gasteiger partial charge in [-0.2, -0.15) is 0 Å². The van der Waals surface area contributed by atoms with Crippen LogP contribution in [-0.2, 0) is 0 Å². The summed E-state index contributed by atoms with van der Waals surface area (Å²) in [5.41, 5.74) is 25.0. The second kappa shape index (κ2) is 22.4. The van der Waals surface area contributed by atoms with Crippen LogP contribution in [0.4, 0.5) is 0 Å². The summed E-state index contributed by atoms with van der Waals surface area (Å²) < 4.78 is 13.1. The lowest BCUT2D eigenvalue weighted by molar-refractivity contribution is 0.669. The molecule has 0 fully saturated rings. The van der Waals surface area contributed by atoms with Gasteiger partial charge < -0.3 is 8.83 Å². The fraction of sp³-hybridized carbons (Fsp3) is 0. The van der Waals surface area contributed by atoms with E-state index < -0.39 is 0 Å². The molecule has 0 atom stereocenters. The minimum atomic E-state index is 0.875. The predicted molar refractivity (Wildman–Crippen MR) is 415 cm³/mol. The topological polar surface area (TPSA) is 26.3 Å². The summed E-state index contributed by atoms with van der Waals surface area (Å²) >= 11 is 0. The number of fused-ring (bicyclic) bond motifs is 12. The molecule has 20 rings (SSSR count). The third-order valence-corrected chi connectivity index (χ3v) is 20.6. The van der Waals surface area contributed by atoms with Crippen LogP contribution < -0.4 is 0 Å².